The molecule has 162 valence electrons. The standard InChI is InChI=1S/C26H23ClN2O2S/c1-18-8-2-5-13-24(18)31-15-7-14-25(30)28-20-10-6-9-19(16-20)23-17-32-26(29-23)21-11-3-4-12-22(21)27/h2-6,8-13,16-17H,7,14-15H2,1H3,(H,28,30). The van der Waals surface area contributed by atoms with E-state index in [4.69, 9.17) is 21.3 Å². The van der Waals surface area contributed by atoms with Gasteiger partial charge in [-0.2, -0.15) is 0 Å². The molecule has 1 N–H and O–H groups in total. The zero-order valence-electron chi connectivity index (χ0n) is 17.7. The topological polar surface area (TPSA) is 51.2 Å². The molecule has 1 amide bonds. The number of nitrogens with zero attached hydrogens (tertiary/aromatic N) is 1. The Hall–Kier alpha value is -3.15. The number of carbonyl (C=O) groups is 1. The first-order chi connectivity index (χ1) is 15.6. The molecule has 0 aliphatic carbocycles. The average molecular weight is 463 g/mol. The Morgan fingerprint density at radius 3 is 2.72 bits per heavy atom. The summed E-state index contributed by atoms with van der Waals surface area (Å²) in [5.74, 6) is 0.825. The first kappa shape index (κ1) is 22.1. The molecule has 4 nitrogen and oxygen atoms in total. The van der Waals surface area contributed by atoms with Gasteiger partial charge in [0.15, 0.2) is 0 Å². The molecule has 0 fully saturated rings. The van der Waals surface area contributed by atoms with E-state index in [2.05, 4.69) is 5.32 Å². The highest BCUT2D eigenvalue weighted by atomic mass is 35.5. The first-order valence-electron chi connectivity index (χ1n) is 10.4. The van der Waals surface area contributed by atoms with Crippen molar-refractivity contribution in [2.45, 2.75) is 19.8 Å². The second-order valence-electron chi connectivity index (χ2n) is 7.36. The van der Waals surface area contributed by atoms with Crippen molar-refractivity contribution < 1.29 is 9.53 Å². The molecule has 0 aliphatic rings. The van der Waals surface area contributed by atoms with E-state index in [0.29, 0.717) is 24.5 Å². The van der Waals surface area contributed by atoms with E-state index in [9.17, 15) is 4.79 Å². The maximum absolute atomic E-state index is 12.4. The van der Waals surface area contributed by atoms with Gasteiger partial charge in [0, 0.05) is 28.6 Å². The van der Waals surface area contributed by atoms with Crippen LogP contribution >= 0.6 is 22.9 Å². The molecular formula is C26H23ClN2O2S. The monoisotopic (exact) mass is 462 g/mol. The van der Waals surface area contributed by atoms with Crippen LogP contribution in [0.15, 0.2) is 78.2 Å². The third-order valence-corrected chi connectivity index (χ3v) is 6.16. The van der Waals surface area contributed by atoms with Gasteiger partial charge in [-0.1, -0.05) is 60.1 Å². The summed E-state index contributed by atoms with van der Waals surface area (Å²) < 4.78 is 5.77. The summed E-state index contributed by atoms with van der Waals surface area (Å²) in [6.07, 6.45) is 1.04. The molecule has 1 aromatic heterocycles. The summed E-state index contributed by atoms with van der Waals surface area (Å²) in [7, 11) is 0. The number of amides is 1. The summed E-state index contributed by atoms with van der Waals surface area (Å²) in [5, 5.41) is 6.52. The van der Waals surface area contributed by atoms with E-state index in [1.165, 1.54) is 0 Å². The quantitative estimate of drug-likeness (QED) is 0.281. The molecule has 1 heterocycles. The lowest BCUT2D eigenvalue weighted by Crippen LogP contribution is -2.13. The number of aromatic nitrogens is 1. The fourth-order valence-electron chi connectivity index (χ4n) is 3.28. The minimum Gasteiger partial charge on any atom is -0.493 e. The van der Waals surface area contributed by atoms with Gasteiger partial charge >= 0.3 is 0 Å². The minimum absolute atomic E-state index is 0.0365. The van der Waals surface area contributed by atoms with E-state index >= 15 is 0 Å². The summed E-state index contributed by atoms with van der Waals surface area (Å²) in [5.41, 5.74) is 4.56. The van der Waals surface area contributed by atoms with Crippen LogP contribution in [0.1, 0.15) is 18.4 Å². The van der Waals surface area contributed by atoms with Gasteiger partial charge in [0.05, 0.1) is 17.3 Å². The number of hydrogen-bond acceptors (Lipinski definition) is 4. The summed E-state index contributed by atoms with van der Waals surface area (Å²) in [6.45, 7) is 2.51. The lowest BCUT2D eigenvalue weighted by molar-refractivity contribution is -0.116. The van der Waals surface area contributed by atoms with Crippen molar-refractivity contribution in [2.75, 3.05) is 11.9 Å². The number of hydrogen-bond donors (Lipinski definition) is 1. The van der Waals surface area contributed by atoms with Gasteiger partial charge in [-0.25, -0.2) is 4.98 Å². The molecule has 0 aliphatic heterocycles. The number of aryl methyl sites for hydroxylation is 1. The smallest absolute Gasteiger partial charge is 0.224 e. The molecule has 0 saturated heterocycles. The third kappa shape index (κ3) is 5.55. The zero-order chi connectivity index (χ0) is 22.3. The zero-order valence-corrected chi connectivity index (χ0v) is 19.2. The number of nitrogens with one attached hydrogen (secondary N) is 1. The molecule has 0 radical (unpaired) electrons. The average Bonchev–Trinajstić information content (AvgIpc) is 3.28. The highest BCUT2D eigenvalue weighted by molar-refractivity contribution is 7.13. The molecule has 32 heavy (non-hydrogen) atoms. The van der Waals surface area contributed by atoms with Crippen LogP contribution in [0.5, 0.6) is 5.75 Å². The first-order valence-corrected chi connectivity index (χ1v) is 11.6. The number of halogens is 1. The Labute approximate surface area is 196 Å². The Morgan fingerprint density at radius 1 is 1.06 bits per heavy atom. The van der Waals surface area contributed by atoms with E-state index in [1.807, 2.05) is 85.1 Å². The molecule has 6 heteroatoms. The number of ether oxygens (including phenoxy) is 1. The van der Waals surface area contributed by atoms with Crippen LogP contribution in [-0.2, 0) is 4.79 Å². The van der Waals surface area contributed by atoms with Gasteiger partial charge in [0.25, 0.3) is 0 Å². The normalized spacial score (nSPS) is 10.7. The molecular weight excluding hydrogens is 440 g/mol. The summed E-state index contributed by atoms with van der Waals surface area (Å²) >= 11 is 7.85. The van der Waals surface area contributed by atoms with Gasteiger partial charge in [-0.05, 0) is 43.2 Å². The van der Waals surface area contributed by atoms with Crippen LogP contribution in [0, 0.1) is 6.92 Å². The highest BCUT2D eigenvalue weighted by Gasteiger charge is 2.10. The predicted molar refractivity (Wildman–Crippen MR) is 133 cm³/mol. The van der Waals surface area contributed by atoms with E-state index in [1.54, 1.807) is 11.3 Å². The van der Waals surface area contributed by atoms with Crippen LogP contribution in [0.25, 0.3) is 21.8 Å². The van der Waals surface area contributed by atoms with Crippen molar-refractivity contribution in [1.82, 2.24) is 4.98 Å². The molecule has 0 atom stereocenters. The lowest BCUT2D eigenvalue weighted by atomic mass is 10.1. The van der Waals surface area contributed by atoms with E-state index < -0.39 is 0 Å². The molecule has 4 aromatic rings. The molecule has 4 rings (SSSR count). The van der Waals surface area contributed by atoms with Gasteiger partial charge in [-0.15, -0.1) is 11.3 Å². The number of carbonyl (C=O) groups excluding carboxylic acids is 1. The third-order valence-electron chi connectivity index (χ3n) is 4.95. The van der Waals surface area contributed by atoms with Crippen molar-refractivity contribution >= 4 is 34.5 Å². The van der Waals surface area contributed by atoms with Crippen molar-refractivity contribution in [2.24, 2.45) is 0 Å². The Kier molecular flexibility index (Phi) is 7.20. The van der Waals surface area contributed by atoms with Crippen molar-refractivity contribution in [1.29, 1.82) is 0 Å². The Morgan fingerprint density at radius 2 is 1.88 bits per heavy atom. The van der Waals surface area contributed by atoms with Crippen LogP contribution in [-0.4, -0.2) is 17.5 Å². The maximum Gasteiger partial charge on any atom is 0.224 e. The molecule has 0 unspecified atom stereocenters. The van der Waals surface area contributed by atoms with Crippen molar-refractivity contribution in [3.63, 3.8) is 0 Å². The summed E-state index contributed by atoms with van der Waals surface area (Å²) in [6, 6.07) is 23.3. The van der Waals surface area contributed by atoms with Gasteiger partial charge in [-0.3, -0.25) is 4.79 Å². The summed E-state index contributed by atoms with van der Waals surface area (Å²) in [4.78, 5) is 17.1. The maximum atomic E-state index is 12.4. The SMILES string of the molecule is Cc1ccccc1OCCCC(=O)Nc1cccc(-c2csc(-c3ccccc3Cl)n2)c1. The van der Waals surface area contributed by atoms with E-state index in [-0.39, 0.29) is 5.91 Å². The van der Waals surface area contributed by atoms with Crippen molar-refractivity contribution in [3.05, 3.63) is 88.8 Å². The van der Waals surface area contributed by atoms with Gasteiger partial charge in [0.2, 0.25) is 5.91 Å². The molecule has 3 aromatic carbocycles. The van der Waals surface area contributed by atoms with E-state index in [0.717, 1.165) is 38.8 Å². The number of anilines is 1. The Balaban J connectivity index is 1.34. The molecule has 0 bridgehead atoms. The van der Waals surface area contributed by atoms with Crippen LogP contribution < -0.4 is 10.1 Å². The minimum atomic E-state index is -0.0365. The van der Waals surface area contributed by atoms with Crippen LogP contribution in [0.3, 0.4) is 0 Å². The van der Waals surface area contributed by atoms with Crippen molar-refractivity contribution in [3.8, 4) is 27.6 Å². The highest BCUT2D eigenvalue weighted by Crippen LogP contribution is 2.33. The van der Waals surface area contributed by atoms with Crippen LogP contribution in [0.2, 0.25) is 5.02 Å². The Bertz CT molecular complexity index is 1220. The number of para-hydroxylation sites is 1. The number of thiazole rings is 1. The predicted octanol–water partition coefficient (Wildman–Crippen LogP) is 7.24. The lowest BCUT2D eigenvalue weighted by Gasteiger charge is -2.09. The fourth-order valence-corrected chi connectivity index (χ4v) is 4.43. The number of benzene rings is 3. The van der Waals surface area contributed by atoms with Crippen LogP contribution in [0.4, 0.5) is 5.69 Å². The second-order valence-corrected chi connectivity index (χ2v) is 8.63. The largest absolute Gasteiger partial charge is 0.493 e. The van der Waals surface area contributed by atoms with Gasteiger partial charge in [0.1, 0.15) is 10.8 Å². The molecule has 0 spiro atoms. The second kappa shape index (κ2) is 10.4. The van der Waals surface area contributed by atoms with Gasteiger partial charge < -0.3 is 10.1 Å². The number of rotatable bonds is 8. The molecule has 0 saturated carbocycles. The fraction of sp³-hybridized carbons (Fsp3) is 0.154.